The molecule has 1 saturated carbocycles. The highest BCUT2D eigenvalue weighted by molar-refractivity contribution is 5.49. The maximum absolute atomic E-state index is 4.51. The van der Waals surface area contributed by atoms with Crippen LogP contribution in [0.3, 0.4) is 0 Å². The lowest BCUT2D eigenvalue weighted by atomic mass is 9.65. The van der Waals surface area contributed by atoms with E-state index >= 15 is 0 Å². The summed E-state index contributed by atoms with van der Waals surface area (Å²) in [5.41, 5.74) is 2.44. The fourth-order valence-electron chi connectivity index (χ4n) is 2.68. The van der Waals surface area contributed by atoms with Gasteiger partial charge in [-0.15, -0.1) is 0 Å². The van der Waals surface area contributed by atoms with E-state index in [2.05, 4.69) is 30.2 Å². The molecule has 1 aliphatic rings. The lowest BCUT2D eigenvalue weighted by Gasteiger charge is -2.41. The van der Waals surface area contributed by atoms with E-state index in [9.17, 15) is 0 Å². The molecule has 0 aromatic carbocycles. The van der Waals surface area contributed by atoms with E-state index in [1.54, 1.807) is 0 Å². The maximum Gasteiger partial charge on any atom is 0.0670 e. The molecular weight excluding hydrogens is 172 g/mol. The zero-order chi connectivity index (χ0) is 10.1. The molecule has 1 aromatic heterocycles. The van der Waals surface area contributed by atoms with Crippen molar-refractivity contribution in [1.82, 2.24) is 4.98 Å². The van der Waals surface area contributed by atoms with Crippen LogP contribution in [0.5, 0.6) is 0 Å². The smallest absolute Gasteiger partial charge is 0.0670 e. The van der Waals surface area contributed by atoms with Crippen LogP contribution >= 0.6 is 0 Å². The minimum atomic E-state index is 0.652. The van der Waals surface area contributed by atoms with Gasteiger partial charge in [-0.05, 0) is 30.4 Å². The molecule has 2 nitrogen and oxygen atoms in total. The second kappa shape index (κ2) is 3.60. The van der Waals surface area contributed by atoms with Gasteiger partial charge in [0.05, 0.1) is 11.4 Å². The summed E-state index contributed by atoms with van der Waals surface area (Å²) < 4.78 is 0. The van der Waals surface area contributed by atoms with Crippen molar-refractivity contribution < 1.29 is 0 Å². The van der Waals surface area contributed by atoms with Crippen molar-refractivity contribution in [3.8, 4) is 0 Å². The first kappa shape index (κ1) is 9.50. The fraction of sp³-hybridized carbons (Fsp3) is 0.583. The van der Waals surface area contributed by atoms with Gasteiger partial charge < -0.3 is 5.32 Å². The van der Waals surface area contributed by atoms with Crippen LogP contribution in [0.1, 0.15) is 31.9 Å². The van der Waals surface area contributed by atoms with Crippen molar-refractivity contribution in [2.24, 2.45) is 11.8 Å². The van der Waals surface area contributed by atoms with Gasteiger partial charge in [0.25, 0.3) is 0 Å². The van der Waals surface area contributed by atoms with Crippen molar-refractivity contribution in [3.05, 3.63) is 24.0 Å². The average Bonchev–Trinajstić information content (AvgIpc) is 2.18. The SMILES string of the molecule is CNc1cccnc1C1C(C)CC1C. The molecule has 14 heavy (non-hydrogen) atoms. The third-order valence-corrected chi connectivity index (χ3v) is 3.39. The largest absolute Gasteiger partial charge is 0.387 e. The number of pyridine rings is 1. The van der Waals surface area contributed by atoms with E-state index in [0.29, 0.717) is 5.92 Å². The van der Waals surface area contributed by atoms with E-state index in [4.69, 9.17) is 0 Å². The Kier molecular flexibility index (Phi) is 2.44. The lowest BCUT2D eigenvalue weighted by Crippen LogP contribution is -2.31. The predicted molar refractivity (Wildman–Crippen MR) is 59.5 cm³/mol. The minimum absolute atomic E-state index is 0.652. The van der Waals surface area contributed by atoms with Crippen molar-refractivity contribution >= 4 is 5.69 Å². The van der Waals surface area contributed by atoms with Crippen LogP contribution in [0.25, 0.3) is 0 Å². The summed E-state index contributed by atoms with van der Waals surface area (Å²) in [5.74, 6) is 2.22. The molecule has 1 heterocycles. The maximum atomic E-state index is 4.51. The fourth-order valence-corrected chi connectivity index (χ4v) is 2.68. The topological polar surface area (TPSA) is 24.9 Å². The van der Waals surface area contributed by atoms with Crippen LogP contribution in [-0.4, -0.2) is 12.0 Å². The van der Waals surface area contributed by atoms with E-state index < -0.39 is 0 Å². The summed E-state index contributed by atoms with van der Waals surface area (Å²) in [7, 11) is 1.97. The van der Waals surface area contributed by atoms with Gasteiger partial charge in [0.2, 0.25) is 0 Å². The number of hydrogen-bond acceptors (Lipinski definition) is 2. The second-order valence-corrected chi connectivity index (χ2v) is 4.40. The van der Waals surface area contributed by atoms with Crippen LogP contribution < -0.4 is 5.32 Å². The Hall–Kier alpha value is -1.05. The van der Waals surface area contributed by atoms with Crippen molar-refractivity contribution in [1.29, 1.82) is 0 Å². The third kappa shape index (κ3) is 1.39. The molecular formula is C12H18N2. The lowest BCUT2D eigenvalue weighted by molar-refractivity contribution is 0.172. The second-order valence-electron chi connectivity index (χ2n) is 4.40. The number of nitrogens with zero attached hydrogens (tertiary/aromatic N) is 1. The Morgan fingerprint density at radius 3 is 2.64 bits per heavy atom. The normalized spacial score (nSPS) is 30.9. The van der Waals surface area contributed by atoms with E-state index in [0.717, 1.165) is 11.8 Å². The molecule has 1 aliphatic carbocycles. The Morgan fingerprint density at radius 1 is 1.36 bits per heavy atom. The van der Waals surface area contributed by atoms with Gasteiger partial charge in [-0.2, -0.15) is 0 Å². The summed E-state index contributed by atoms with van der Waals surface area (Å²) in [5, 5.41) is 3.22. The molecule has 0 aliphatic heterocycles. The molecule has 2 unspecified atom stereocenters. The Balaban J connectivity index is 2.31. The monoisotopic (exact) mass is 190 g/mol. The predicted octanol–water partition coefficient (Wildman–Crippen LogP) is 2.88. The summed E-state index contributed by atoms with van der Waals surface area (Å²) in [6.45, 7) is 4.64. The molecule has 0 bridgehead atoms. The summed E-state index contributed by atoms with van der Waals surface area (Å²) in [6, 6.07) is 4.10. The highest BCUT2D eigenvalue weighted by Gasteiger charge is 2.37. The molecule has 0 spiro atoms. The summed E-state index contributed by atoms with van der Waals surface area (Å²) in [6.07, 6.45) is 3.23. The average molecular weight is 190 g/mol. The first-order valence-corrected chi connectivity index (χ1v) is 5.36. The van der Waals surface area contributed by atoms with Crippen molar-refractivity contribution in [2.75, 3.05) is 12.4 Å². The van der Waals surface area contributed by atoms with Crippen LogP contribution in [0.2, 0.25) is 0 Å². The molecule has 1 aromatic rings. The zero-order valence-electron chi connectivity index (χ0n) is 9.12. The summed E-state index contributed by atoms with van der Waals surface area (Å²) >= 11 is 0. The first-order valence-electron chi connectivity index (χ1n) is 5.36. The quantitative estimate of drug-likeness (QED) is 0.775. The van der Waals surface area contributed by atoms with Gasteiger partial charge in [0.15, 0.2) is 0 Å². The Bertz CT molecular complexity index is 314. The molecule has 1 fully saturated rings. The van der Waals surface area contributed by atoms with Gasteiger partial charge in [-0.3, -0.25) is 4.98 Å². The summed E-state index contributed by atoms with van der Waals surface area (Å²) in [4.78, 5) is 4.51. The van der Waals surface area contributed by atoms with E-state index in [1.807, 2.05) is 19.3 Å². The van der Waals surface area contributed by atoms with Crippen molar-refractivity contribution in [2.45, 2.75) is 26.2 Å². The van der Waals surface area contributed by atoms with Gasteiger partial charge >= 0.3 is 0 Å². The van der Waals surface area contributed by atoms with Crippen LogP contribution in [-0.2, 0) is 0 Å². The Labute approximate surface area is 85.7 Å². The number of nitrogens with one attached hydrogen (secondary N) is 1. The van der Waals surface area contributed by atoms with Crippen LogP contribution in [0.4, 0.5) is 5.69 Å². The Morgan fingerprint density at radius 2 is 2.07 bits per heavy atom. The first-order chi connectivity index (χ1) is 6.74. The van der Waals surface area contributed by atoms with Gasteiger partial charge in [-0.1, -0.05) is 13.8 Å². The van der Waals surface area contributed by atoms with E-state index in [1.165, 1.54) is 17.8 Å². The van der Waals surface area contributed by atoms with Gasteiger partial charge in [0, 0.05) is 19.2 Å². The third-order valence-electron chi connectivity index (χ3n) is 3.39. The molecule has 76 valence electrons. The van der Waals surface area contributed by atoms with Crippen LogP contribution in [0.15, 0.2) is 18.3 Å². The van der Waals surface area contributed by atoms with Gasteiger partial charge in [0.1, 0.15) is 0 Å². The number of anilines is 1. The highest BCUT2D eigenvalue weighted by atomic mass is 14.9. The molecule has 1 N–H and O–H groups in total. The molecule has 2 rings (SSSR count). The number of aromatic nitrogens is 1. The minimum Gasteiger partial charge on any atom is -0.387 e. The molecule has 2 heteroatoms. The van der Waals surface area contributed by atoms with Crippen molar-refractivity contribution in [3.63, 3.8) is 0 Å². The van der Waals surface area contributed by atoms with Gasteiger partial charge in [-0.25, -0.2) is 0 Å². The molecule has 2 atom stereocenters. The van der Waals surface area contributed by atoms with Crippen LogP contribution in [0, 0.1) is 11.8 Å². The molecule has 0 amide bonds. The zero-order valence-corrected chi connectivity index (χ0v) is 9.12. The number of rotatable bonds is 2. The highest BCUT2D eigenvalue weighted by Crippen LogP contribution is 2.48. The molecule has 0 radical (unpaired) electrons. The molecule has 0 saturated heterocycles. The van der Waals surface area contributed by atoms with E-state index in [-0.39, 0.29) is 0 Å². The number of hydrogen-bond donors (Lipinski definition) is 1. The standard InChI is InChI=1S/C12H18N2/c1-8-7-9(2)11(8)12-10(13-3)5-4-6-14-12/h4-6,8-9,11,13H,7H2,1-3H3.